The molecule has 132 valence electrons. The summed E-state index contributed by atoms with van der Waals surface area (Å²) in [6.45, 7) is 1.73. The number of aryl methyl sites for hydroxylation is 1. The number of carboxylic acid groups (broad SMARTS) is 1. The highest BCUT2D eigenvalue weighted by atomic mass is 32.2. The smallest absolute Gasteiger partial charge is 0.335 e. The molecule has 0 spiro atoms. The third kappa shape index (κ3) is 3.95. The first kappa shape index (κ1) is 18.4. The highest BCUT2D eigenvalue weighted by Gasteiger charge is 2.37. The van der Waals surface area contributed by atoms with Crippen LogP contribution in [0.5, 0.6) is 0 Å². The second-order valence-corrected chi connectivity index (χ2v) is 8.79. The molecule has 0 heterocycles. The lowest BCUT2D eigenvalue weighted by atomic mass is 9.93. The molecule has 1 aromatic carbocycles. The van der Waals surface area contributed by atoms with Crippen LogP contribution in [0.15, 0.2) is 18.2 Å². The first-order chi connectivity index (χ1) is 11.1. The van der Waals surface area contributed by atoms with E-state index in [4.69, 9.17) is 5.11 Å². The number of carbonyl (C=O) groups excluding carboxylic acids is 1. The summed E-state index contributed by atoms with van der Waals surface area (Å²) in [5.41, 5.74) is 0.998. The molecular weight excluding hydrogens is 330 g/mol. The van der Waals surface area contributed by atoms with Crippen LogP contribution in [0.4, 0.5) is 0 Å². The van der Waals surface area contributed by atoms with E-state index in [1.807, 2.05) is 0 Å². The Kier molecular flexibility index (Phi) is 5.32. The van der Waals surface area contributed by atoms with E-state index in [9.17, 15) is 18.0 Å². The second-order valence-electron chi connectivity index (χ2n) is 6.53. The number of benzene rings is 1. The van der Waals surface area contributed by atoms with E-state index in [-0.39, 0.29) is 23.1 Å². The standard InChI is InChI=1S/C17H23NO5S/c1-11-8-12(10-13(9-11)17(20)21)16(19)18(2)14-6-4-5-7-15(14)24(3,22)23/h8-10,14-15H,4-7H2,1-3H3,(H,20,21). The van der Waals surface area contributed by atoms with Gasteiger partial charge in [0.2, 0.25) is 0 Å². The van der Waals surface area contributed by atoms with E-state index in [1.165, 1.54) is 23.3 Å². The molecule has 0 aromatic heterocycles. The first-order valence-electron chi connectivity index (χ1n) is 7.92. The van der Waals surface area contributed by atoms with Crippen molar-refractivity contribution in [3.05, 3.63) is 34.9 Å². The molecule has 1 saturated carbocycles. The Labute approximate surface area is 142 Å². The number of sulfone groups is 1. The van der Waals surface area contributed by atoms with E-state index >= 15 is 0 Å². The average Bonchev–Trinajstić information content (AvgIpc) is 2.52. The fraction of sp³-hybridized carbons (Fsp3) is 0.529. The molecule has 6 nitrogen and oxygen atoms in total. The zero-order chi connectivity index (χ0) is 18.1. The van der Waals surface area contributed by atoms with Crippen molar-refractivity contribution in [3.8, 4) is 0 Å². The van der Waals surface area contributed by atoms with Crippen LogP contribution in [0.1, 0.15) is 52.0 Å². The van der Waals surface area contributed by atoms with Crippen LogP contribution in [-0.4, -0.2) is 54.9 Å². The highest BCUT2D eigenvalue weighted by Crippen LogP contribution is 2.28. The number of aromatic carboxylic acids is 1. The van der Waals surface area contributed by atoms with Crippen LogP contribution < -0.4 is 0 Å². The van der Waals surface area contributed by atoms with Gasteiger partial charge in [-0.3, -0.25) is 4.79 Å². The minimum Gasteiger partial charge on any atom is -0.478 e. The molecule has 0 saturated heterocycles. The quantitative estimate of drug-likeness (QED) is 0.895. The van der Waals surface area contributed by atoms with E-state index in [0.717, 1.165) is 12.8 Å². The predicted molar refractivity (Wildman–Crippen MR) is 91.1 cm³/mol. The number of carbonyl (C=O) groups is 2. The maximum absolute atomic E-state index is 12.8. The van der Waals surface area contributed by atoms with Gasteiger partial charge in [-0.05, 0) is 43.5 Å². The molecule has 0 aliphatic heterocycles. The number of carboxylic acids is 1. The zero-order valence-corrected chi connectivity index (χ0v) is 15.0. The van der Waals surface area contributed by atoms with Crippen LogP contribution in [0.25, 0.3) is 0 Å². The molecule has 2 atom stereocenters. The molecule has 1 amide bonds. The van der Waals surface area contributed by atoms with Crippen molar-refractivity contribution in [2.75, 3.05) is 13.3 Å². The SMILES string of the molecule is Cc1cc(C(=O)O)cc(C(=O)N(C)C2CCCCC2S(C)(=O)=O)c1. The van der Waals surface area contributed by atoms with E-state index in [1.54, 1.807) is 20.0 Å². The Hall–Kier alpha value is -1.89. The Morgan fingerprint density at radius 1 is 1.12 bits per heavy atom. The number of hydrogen-bond donors (Lipinski definition) is 1. The predicted octanol–water partition coefficient (Wildman–Crippen LogP) is 2.12. The minimum absolute atomic E-state index is 0.0510. The molecule has 2 unspecified atom stereocenters. The maximum Gasteiger partial charge on any atom is 0.335 e. The molecule has 7 heteroatoms. The van der Waals surface area contributed by atoms with Gasteiger partial charge in [0.25, 0.3) is 5.91 Å². The molecule has 1 N–H and O–H groups in total. The second kappa shape index (κ2) is 6.93. The molecule has 1 aliphatic carbocycles. The van der Waals surface area contributed by atoms with Gasteiger partial charge in [0, 0.05) is 24.9 Å². The maximum atomic E-state index is 12.8. The molecular formula is C17H23NO5S. The van der Waals surface area contributed by atoms with Gasteiger partial charge in [-0.25, -0.2) is 13.2 Å². The van der Waals surface area contributed by atoms with E-state index in [0.29, 0.717) is 18.4 Å². The fourth-order valence-corrected chi connectivity index (χ4v) is 4.89. The molecule has 2 rings (SSSR count). The minimum atomic E-state index is -3.25. The van der Waals surface area contributed by atoms with Gasteiger partial charge < -0.3 is 10.0 Å². The van der Waals surface area contributed by atoms with Gasteiger partial charge >= 0.3 is 5.97 Å². The normalized spacial score (nSPS) is 21.3. The van der Waals surface area contributed by atoms with E-state index < -0.39 is 21.1 Å². The van der Waals surface area contributed by atoms with Crippen molar-refractivity contribution < 1.29 is 23.1 Å². The van der Waals surface area contributed by atoms with Crippen LogP contribution in [0.2, 0.25) is 0 Å². The highest BCUT2D eigenvalue weighted by molar-refractivity contribution is 7.91. The third-order valence-corrected chi connectivity index (χ3v) is 6.26. The number of amides is 1. The van der Waals surface area contributed by atoms with Crippen LogP contribution in [0, 0.1) is 6.92 Å². The van der Waals surface area contributed by atoms with Crippen LogP contribution in [0.3, 0.4) is 0 Å². The number of hydrogen-bond acceptors (Lipinski definition) is 4. The summed E-state index contributed by atoms with van der Waals surface area (Å²) in [4.78, 5) is 25.4. The van der Waals surface area contributed by atoms with Crippen LogP contribution >= 0.6 is 0 Å². The van der Waals surface area contributed by atoms with Crippen molar-refractivity contribution >= 4 is 21.7 Å². The van der Waals surface area contributed by atoms with Gasteiger partial charge in [0.1, 0.15) is 0 Å². The van der Waals surface area contributed by atoms with Crippen molar-refractivity contribution in [2.45, 2.75) is 43.9 Å². The summed E-state index contributed by atoms with van der Waals surface area (Å²) in [6.07, 6.45) is 4.11. The Bertz CT molecular complexity index is 756. The molecule has 0 radical (unpaired) electrons. The first-order valence-corrected chi connectivity index (χ1v) is 9.87. The molecule has 24 heavy (non-hydrogen) atoms. The monoisotopic (exact) mass is 353 g/mol. The molecule has 0 bridgehead atoms. The average molecular weight is 353 g/mol. The Morgan fingerprint density at radius 3 is 2.29 bits per heavy atom. The largest absolute Gasteiger partial charge is 0.478 e. The molecule has 1 aliphatic rings. The molecule has 1 fully saturated rings. The summed E-state index contributed by atoms with van der Waals surface area (Å²) in [5.74, 6) is -1.44. The summed E-state index contributed by atoms with van der Waals surface area (Å²) >= 11 is 0. The van der Waals surface area contributed by atoms with Gasteiger partial charge in [-0.2, -0.15) is 0 Å². The van der Waals surface area contributed by atoms with Crippen molar-refractivity contribution in [2.24, 2.45) is 0 Å². The summed E-state index contributed by atoms with van der Waals surface area (Å²) in [6, 6.07) is 4.09. The van der Waals surface area contributed by atoms with Gasteiger partial charge in [-0.1, -0.05) is 12.8 Å². The lowest BCUT2D eigenvalue weighted by molar-refractivity contribution is 0.0696. The zero-order valence-electron chi connectivity index (χ0n) is 14.2. The number of nitrogens with zero attached hydrogens (tertiary/aromatic N) is 1. The number of rotatable bonds is 4. The summed E-state index contributed by atoms with van der Waals surface area (Å²) in [7, 11) is -1.66. The molecule has 1 aromatic rings. The van der Waals surface area contributed by atoms with Crippen LogP contribution in [-0.2, 0) is 9.84 Å². The summed E-state index contributed by atoms with van der Waals surface area (Å²) in [5, 5.41) is 8.58. The fourth-order valence-electron chi connectivity index (χ4n) is 3.40. The lowest BCUT2D eigenvalue weighted by Crippen LogP contribution is -2.49. The van der Waals surface area contributed by atoms with Gasteiger partial charge in [0.05, 0.1) is 10.8 Å². The third-order valence-electron chi connectivity index (χ3n) is 4.61. The topological polar surface area (TPSA) is 91.8 Å². The Morgan fingerprint density at radius 2 is 1.71 bits per heavy atom. The van der Waals surface area contributed by atoms with Crippen molar-refractivity contribution in [1.29, 1.82) is 0 Å². The lowest BCUT2D eigenvalue weighted by Gasteiger charge is -2.37. The van der Waals surface area contributed by atoms with Crippen molar-refractivity contribution in [1.82, 2.24) is 4.90 Å². The summed E-state index contributed by atoms with van der Waals surface area (Å²) < 4.78 is 24.1. The van der Waals surface area contributed by atoms with E-state index in [2.05, 4.69) is 0 Å². The van der Waals surface area contributed by atoms with Crippen molar-refractivity contribution in [3.63, 3.8) is 0 Å². The van der Waals surface area contributed by atoms with Gasteiger partial charge in [0.15, 0.2) is 9.84 Å². The van der Waals surface area contributed by atoms with Gasteiger partial charge in [-0.15, -0.1) is 0 Å². The Balaban J connectivity index is 2.33.